The molecule has 3 N–H and O–H groups in total. The van der Waals surface area contributed by atoms with Crippen molar-refractivity contribution >= 4 is 29.9 Å². The van der Waals surface area contributed by atoms with Gasteiger partial charge in [0.1, 0.15) is 0 Å². The number of hydrogen-bond donors (Lipinski definition) is 2. The molecule has 0 aromatic carbocycles. The van der Waals surface area contributed by atoms with Crippen molar-refractivity contribution in [1.29, 1.82) is 0 Å². The van der Waals surface area contributed by atoms with Crippen LogP contribution in [-0.2, 0) is 4.74 Å². The molecule has 1 saturated heterocycles. The van der Waals surface area contributed by atoms with Gasteiger partial charge in [0.05, 0.1) is 6.10 Å². The first kappa shape index (κ1) is 18.0. The van der Waals surface area contributed by atoms with Crippen LogP contribution in [0.15, 0.2) is 4.99 Å². The molecule has 1 aliphatic heterocycles. The lowest BCUT2D eigenvalue weighted by molar-refractivity contribution is 0.0129. The number of rotatable bonds is 6. The maximum atomic E-state index is 5.77. The van der Waals surface area contributed by atoms with E-state index in [4.69, 9.17) is 10.5 Å². The van der Waals surface area contributed by atoms with Gasteiger partial charge >= 0.3 is 0 Å². The SMILES string of the molecule is CC(C)CCNC(N)=NCCC1CCCCO1.I. The van der Waals surface area contributed by atoms with E-state index in [0.717, 1.165) is 32.5 Å². The summed E-state index contributed by atoms with van der Waals surface area (Å²) in [5, 5.41) is 3.14. The zero-order chi connectivity index (χ0) is 12.5. The third-order valence-corrected chi connectivity index (χ3v) is 3.04. The summed E-state index contributed by atoms with van der Waals surface area (Å²) in [5.41, 5.74) is 5.77. The monoisotopic (exact) mass is 369 g/mol. The second kappa shape index (κ2) is 10.8. The van der Waals surface area contributed by atoms with E-state index in [1.165, 1.54) is 19.3 Å². The number of nitrogens with one attached hydrogen (secondary N) is 1. The van der Waals surface area contributed by atoms with Crippen LogP contribution in [0.4, 0.5) is 0 Å². The molecule has 5 heteroatoms. The highest BCUT2D eigenvalue weighted by Gasteiger charge is 2.12. The minimum atomic E-state index is 0. The van der Waals surface area contributed by atoms with Gasteiger partial charge in [0.25, 0.3) is 0 Å². The lowest BCUT2D eigenvalue weighted by Crippen LogP contribution is -2.33. The highest BCUT2D eigenvalue weighted by atomic mass is 127. The highest BCUT2D eigenvalue weighted by Crippen LogP contribution is 2.15. The number of nitrogens with two attached hydrogens (primary N) is 1. The fourth-order valence-corrected chi connectivity index (χ4v) is 1.91. The van der Waals surface area contributed by atoms with E-state index in [-0.39, 0.29) is 24.0 Å². The van der Waals surface area contributed by atoms with Gasteiger partial charge in [0.15, 0.2) is 5.96 Å². The minimum absolute atomic E-state index is 0. The third-order valence-electron chi connectivity index (χ3n) is 3.04. The number of nitrogens with zero attached hydrogens (tertiary/aromatic N) is 1. The topological polar surface area (TPSA) is 59.6 Å². The van der Waals surface area contributed by atoms with Crippen molar-refractivity contribution in [2.75, 3.05) is 19.7 Å². The van der Waals surface area contributed by atoms with Crippen LogP contribution >= 0.6 is 24.0 Å². The Bertz CT molecular complexity index is 228. The van der Waals surface area contributed by atoms with Crippen LogP contribution in [0.25, 0.3) is 0 Å². The van der Waals surface area contributed by atoms with Crippen molar-refractivity contribution in [2.24, 2.45) is 16.6 Å². The molecule has 1 heterocycles. The molecule has 1 atom stereocenters. The van der Waals surface area contributed by atoms with Gasteiger partial charge in [0.2, 0.25) is 0 Å². The zero-order valence-corrected chi connectivity index (χ0v) is 14.0. The Balaban J connectivity index is 0.00000289. The first-order valence-electron chi connectivity index (χ1n) is 6.84. The average Bonchev–Trinajstić information content (AvgIpc) is 2.30. The molecule has 1 unspecified atom stereocenters. The molecule has 1 fully saturated rings. The van der Waals surface area contributed by atoms with Crippen LogP contribution in [0.3, 0.4) is 0 Å². The van der Waals surface area contributed by atoms with Crippen LogP contribution in [0.5, 0.6) is 0 Å². The molecule has 0 aromatic rings. The van der Waals surface area contributed by atoms with E-state index in [2.05, 4.69) is 24.2 Å². The number of ether oxygens (including phenoxy) is 1. The normalized spacial score (nSPS) is 20.6. The van der Waals surface area contributed by atoms with E-state index < -0.39 is 0 Å². The molecule has 0 saturated carbocycles. The Morgan fingerprint density at radius 3 is 2.83 bits per heavy atom. The van der Waals surface area contributed by atoms with Crippen molar-refractivity contribution in [3.8, 4) is 0 Å². The predicted molar refractivity (Wildman–Crippen MR) is 87.6 cm³/mol. The molecule has 0 bridgehead atoms. The van der Waals surface area contributed by atoms with E-state index in [1.807, 2.05) is 0 Å². The lowest BCUT2D eigenvalue weighted by atomic mass is 10.1. The van der Waals surface area contributed by atoms with Crippen molar-refractivity contribution in [2.45, 2.75) is 52.1 Å². The summed E-state index contributed by atoms with van der Waals surface area (Å²) in [6, 6.07) is 0. The maximum absolute atomic E-state index is 5.77. The van der Waals surface area contributed by atoms with E-state index >= 15 is 0 Å². The van der Waals surface area contributed by atoms with Gasteiger partial charge in [0, 0.05) is 19.7 Å². The fourth-order valence-electron chi connectivity index (χ4n) is 1.91. The number of halogens is 1. The molecule has 0 aliphatic carbocycles. The first-order chi connectivity index (χ1) is 8.18. The molecule has 0 aromatic heterocycles. The van der Waals surface area contributed by atoms with Gasteiger partial charge < -0.3 is 15.8 Å². The van der Waals surface area contributed by atoms with Gasteiger partial charge in [-0.25, -0.2) is 0 Å². The highest BCUT2D eigenvalue weighted by molar-refractivity contribution is 14.0. The van der Waals surface area contributed by atoms with Crippen LogP contribution in [-0.4, -0.2) is 31.8 Å². The quantitative estimate of drug-likeness (QED) is 0.430. The Labute approximate surface area is 128 Å². The molecule has 108 valence electrons. The largest absolute Gasteiger partial charge is 0.378 e. The summed E-state index contributed by atoms with van der Waals surface area (Å²) in [5.74, 6) is 1.27. The third kappa shape index (κ3) is 8.97. The summed E-state index contributed by atoms with van der Waals surface area (Å²) >= 11 is 0. The summed E-state index contributed by atoms with van der Waals surface area (Å²) < 4.78 is 5.64. The molecule has 1 rings (SSSR count). The van der Waals surface area contributed by atoms with Crippen molar-refractivity contribution in [1.82, 2.24) is 5.32 Å². The smallest absolute Gasteiger partial charge is 0.188 e. The Hall–Kier alpha value is -0.0400. The minimum Gasteiger partial charge on any atom is -0.378 e. The molecular formula is C13H28IN3O. The van der Waals surface area contributed by atoms with Crippen molar-refractivity contribution in [3.05, 3.63) is 0 Å². The van der Waals surface area contributed by atoms with Crippen molar-refractivity contribution in [3.63, 3.8) is 0 Å². The van der Waals surface area contributed by atoms with E-state index in [9.17, 15) is 0 Å². The van der Waals surface area contributed by atoms with E-state index in [1.54, 1.807) is 0 Å². The number of guanidine groups is 1. The van der Waals surface area contributed by atoms with Crippen LogP contribution < -0.4 is 11.1 Å². The van der Waals surface area contributed by atoms with Gasteiger partial charge in [-0.1, -0.05) is 13.8 Å². The number of aliphatic imine (C=N–C) groups is 1. The molecule has 4 nitrogen and oxygen atoms in total. The molecule has 0 amide bonds. The van der Waals surface area contributed by atoms with E-state index in [0.29, 0.717) is 18.0 Å². The molecular weight excluding hydrogens is 341 g/mol. The van der Waals surface area contributed by atoms with Crippen LogP contribution in [0.1, 0.15) is 46.0 Å². The van der Waals surface area contributed by atoms with Gasteiger partial charge in [-0.2, -0.15) is 0 Å². The van der Waals surface area contributed by atoms with Crippen LogP contribution in [0.2, 0.25) is 0 Å². The average molecular weight is 369 g/mol. The summed E-state index contributed by atoms with van der Waals surface area (Å²) in [7, 11) is 0. The second-order valence-corrected chi connectivity index (χ2v) is 5.15. The molecule has 0 radical (unpaired) electrons. The Morgan fingerprint density at radius 2 is 2.22 bits per heavy atom. The number of hydrogen-bond acceptors (Lipinski definition) is 2. The van der Waals surface area contributed by atoms with Crippen LogP contribution in [0, 0.1) is 5.92 Å². The molecule has 1 aliphatic rings. The fraction of sp³-hybridized carbons (Fsp3) is 0.923. The first-order valence-corrected chi connectivity index (χ1v) is 6.84. The van der Waals surface area contributed by atoms with Gasteiger partial charge in [-0.15, -0.1) is 24.0 Å². The lowest BCUT2D eigenvalue weighted by Gasteiger charge is -2.21. The second-order valence-electron chi connectivity index (χ2n) is 5.15. The van der Waals surface area contributed by atoms with Gasteiger partial charge in [-0.05, 0) is 38.0 Å². The Kier molecular flexibility index (Phi) is 10.8. The Morgan fingerprint density at radius 1 is 1.44 bits per heavy atom. The summed E-state index contributed by atoms with van der Waals surface area (Å²) in [4.78, 5) is 4.32. The summed E-state index contributed by atoms with van der Waals surface area (Å²) in [6.07, 6.45) is 6.19. The van der Waals surface area contributed by atoms with Crippen molar-refractivity contribution < 1.29 is 4.74 Å². The molecule has 18 heavy (non-hydrogen) atoms. The van der Waals surface area contributed by atoms with Gasteiger partial charge in [-0.3, -0.25) is 4.99 Å². The summed E-state index contributed by atoms with van der Waals surface area (Å²) in [6.45, 7) is 7.00. The molecule has 0 spiro atoms. The predicted octanol–water partition coefficient (Wildman–Crippen LogP) is 2.51. The zero-order valence-electron chi connectivity index (χ0n) is 11.7. The maximum Gasteiger partial charge on any atom is 0.188 e. The standard InChI is InChI=1S/C13H27N3O.HI/c1-11(2)6-8-15-13(14)16-9-7-12-5-3-4-10-17-12;/h11-12H,3-10H2,1-2H3,(H3,14,15,16);1H.